The van der Waals surface area contributed by atoms with Crippen LogP contribution in [0.5, 0.6) is 0 Å². The van der Waals surface area contributed by atoms with Gasteiger partial charge in [-0.05, 0) is 41.7 Å². The van der Waals surface area contributed by atoms with Gasteiger partial charge in [-0.3, -0.25) is 4.79 Å². The number of aliphatic carboxylic acids is 1. The van der Waals surface area contributed by atoms with E-state index in [1.807, 2.05) is 30.3 Å². The van der Waals surface area contributed by atoms with Crippen LogP contribution in [0.3, 0.4) is 0 Å². The molecule has 3 rings (SSSR count). The molecule has 0 fully saturated rings. The highest BCUT2D eigenvalue weighted by atomic mass is 35.5. The van der Waals surface area contributed by atoms with Crippen molar-refractivity contribution in [3.8, 4) is 0 Å². The highest BCUT2D eigenvalue weighted by Crippen LogP contribution is 2.21. The van der Waals surface area contributed by atoms with E-state index in [0.29, 0.717) is 25.9 Å². The van der Waals surface area contributed by atoms with Crippen molar-refractivity contribution < 1.29 is 18.3 Å². The third kappa shape index (κ3) is 4.82. The molecule has 140 valence electrons. The van der Waals surface area contributed by atoms with Crippen LogP contribution in [0.2, 0.25) is 0 Å². The molecular weight excluding hydrogens is 376 g/mol. The summed E-state index contributed by atoms with van der Waals surface area (Å²) in [5.41, 5.74) is 2.76. The summed E-state index contributed by atoms with van der Waals surface area (Å²) in [6, 6.07) is 13.9. The normalized spacial score (nSPS) is 16.4. The van der Waals surface area contributed by atoms with E-state index in [9.17, 15) is 13.2 Å². The molecule has 3 N–H and O–H groups in total. The lowest BCUT2D eigenvalue weighted by Gasteiger charge is -2.23. The Hall–Kier alpha value is -1.93. The number of carboxylic acids is 1. The van der Waals surface area contributed by atoms with Crippen LogP contribution < -0.4 is 10.0 Å². The number of hydrogen-bond acceptors (Lipinski definition) is 4. The summed E-state index contributed by atoms with van der Waals surface area (Å²) < 4.78 is 27.5. The van der Waals surface area contributed by atoms with Gasteiger partial charge in [0.25, 0.3) is 0 Å². The zero-order chi connectivity index (χ0) is 17.9. The van der Waals surface area contributed by atoms with Gasteiger partial charge >= 0.3 is 5.97 Å². The molecule has 26 heavy (non-hydrogen) atoms. The maximum Gasteiger partial charge on any atom is 0.321 e. The van der Waals surface area contributed by atoms with Crippen molar-refractivity contribution in [3.63, 3.8) is 0 Å². The molecule has 0 aliphatic carbocycles. The van der Waals surface area contributed by atoms with Crippen LogP contribution in [0.4, 0.5) is 0 Å². The van der Waals surface area contributed by atoms with Crippen molar-refractivity contribution >= 4 is 28.4 Å². The van der Waals surface area contributed by atoms with Crippen LogP contribution in [-0.2, 0) is 34.2 Å². The molecule has 2 aromatic carbocycles. The van der Waals surface area contributed by atoms with E-state index in [0.717, 1.165) is 16.7 Å². The smallest absolute Gasteiger partial charge is 0.321 e. The van der Waals surface area contributed by atoms with Crippen molar-refractivity contribution in [1.82, 2.24) is 10.0 Å². The van der Waals surface area contributed by atoms with Gasteiger partial charge in [0, 0.05) is 13.1 Å². The maximum atomic E-state index is 12.5. The number of benzene rings is 2. The zero-order valence-electron chi connectivity index (χ0n) is 14.0. The number of carbonyl (C=O) groups is 1. The third-order valence-electron chi connectivity index (χ3n) is 4.30. The molecule has 8 heteroatoms. The monoisotopic (exact) mass is 396 g/mol. The fourth-order valence-electron chi connectivity index (χ4n) is 2.89. The number of fused-ring (bicyclic) bond motifs is 1. The molecule has 0 radical (unpaired) electrons. The molecular formula is C18H21ClN2O4S. The van der Waals surface area contributed by atoms with Gasteiger partial charge in [-0.25, -0.2) is 13.1 Å². The molecule has 0 spiro atoms. The highest BCUT2D eigenvalue weighted by molar-refractivity contribution is 7.89. The summed E-state index contributed by atoms with van der Waals surface area (Å²) in [6.07, 6.45) is 0.972. The van der Waals surface area contributed by atoms with Gasteiger partial charge in [-0.15, -0.1) is 12.4 Å². The van der Waals surface area contributed by atoms with Crippen LogP contribution in [0.15, 0.2) is 53.4 Å². The molecule has 0 bridgehead atoms. The minimum absolute atomic E-state index is 0. The van der Waals surface area contributed by atoms with E-state index in [1.165, 1.54) is 6.07 Å². The van der Waals surface area contributed by atoms with Crippen molar-refractivity contribution in [3.05, 3.63) is 65.2 Å². The Kier molecular flexibility index (Phi) is 6.77. The Balaban J connectivity index is 0.00000243. The number of rotatable bonds is 6. The quantitative estimate of drug-likeness (QED) is 0.691. The maximum absolute atomic E-state index is 12.5. The van der Waals surface area contributed by atoms with E-state index in [-0.39, 0.29) is 17.3 Å². The summed E-state index contributed by atoms with van der Waals surface area (Å²) in [4.78, 5) is 11.3. The van der Waals surface area contributed by atoms with Crippen LogP contribution in [0.1, 0.15) is 16.7 Å². The van der Waals surface area contributed by atoms with Gasteiger partial charge in [0.15, 0.2) is 0 Å². The van der Waals surface area contributed by atoms with Gasteiger partial charge < -0.3 is 10.4 Å². The first-order chi connectivity index (χ1) is 12.0. The molecule has 0 saturated heterocycles. The molecule has 1 heterocycles. The topological polar surface area (TPSA) is 95.5 Å². The Morgan fingerprint density at radius 2 is 1.88 bits per heavy atom. The second kappa shape index (κ2) is 8.64. The number of halogens is 1. The molecule has 2 aromatic rings. The molecule has 0 amide bonds. The first kappa shape index (κ1) is 20.4. The van der Waals surface area contributed by atoms with Gasteiger partial charge in [0.2, 0.25) is 10.0 Å². The second-order valence-corrected chi connectivity index (χ2v) is 7.81. The molecule has 1 aliphatic rings. The van der Waals surface area contributed by atoms with Crippen LogP contribution in [0.25, 0.3) is 0 Å². The number of carboxylic acid groups (broad SMARTS) is 1. The average Bonchev–Trinajstić information content (AvgIpc) is 2.61. The predicted octanol–water partition coefficient (Wildman–Crippen LogP) is 1.73. The third-order valence-corrected chi connectivity index (χ3v) is 5.76. The van der Waals surface area contributed by atoms with Crippen molar-refractivity contribution in [2.24, 2.45) is 0 Å². The van der Waals surface area contributed by atoms with Gasteiger partial charge in [0.05, 0.1) is 4.90 Å². The lowest BCUT2D eigenvalue weighted by molar-refractivity contribution is -0.139. The van der Waals surface area contributed by atoms with Gasteiger partial charge in [-0.2, -0.15) is 0 Å². The van der Waals surface area contributed by atoms with Crippen molar-refractivity contribution in [1.29, 1.82) is 0 Å². The van der Waals surface area contributed by atoms with E-state index in [4.69, 9.17) is 5.11 Å². The predicted molar refractivity (Wildman–Crippen MR) is 101 cm³/mol. The first-order valence-electron chi connectivity index (χ1n) is 8.07. The molecule has 6 nitrogen and oxygen atoms in total. The van der Waals surface area contributed by atoms with E-state index < -0.39 is 22.0 Å². The van der Waals surface area contributed by atoms with E-state index >= 15 is 0 Å². The molecule has 0 saturated carbocycles. The summed E-state index contributed by atoms with van der Waals surface area (Å²) in [5.74, 6) is -0.898. The van der Waals surface area contributed by atoms with E-state index in [2.05, 4.69) is 10.0 Å². The largest absolute Gasteiger partial charge is 0.480 e. The van der Waals surface area contributed by atoms with Crippen LogP contribution in [-0.4, -0.2) is 32.1 Å². The van der Waals surface area contributed by atoms with Crippen LogP contribution in [0, 0.1) is 0 Å². The lowest BCUT2D eigenvalue weighted by atomic mass is 9.96. The molecule has 0 unspecified atom stereocenters. The minimum Gasteiger partial charge on any atom is -0.480 e. The first-order valence-corrected chi connectivity index (χ1v) is 9.55. The van der Waals surface area contributed by atoms with Crippen molar-refractivity contribution in [2.75, 3.05) is 6.54 Å². The number of nitrogens with one attached hydrogen (secondary N) is 2. The Labute approximate surface area is 159 Å². The second-order valence-electron chi connectivity index (χ2n) is 6.04. The van der Waals surface area contributed by atoms with E-state index in [1.54, 1.807) is 12.1 Å². The summed E-state index contributed by atoms with van der Waals surface area (Å²) in [7, 11) is -3.59. The summed E-state index contributed by atoms with van der Waals surface area (Å²) in [5, 5.41) is 12.0. The summed E-state index contributed by atoms with van der Waals surface area (Å²) >= 11 is 0. The number of sulfonamides is 1. The van der Waals surface area contributed by atoms with Crippen molar-refractivity contribution in [2.45, 2.75) is 30.3 Å². The lowest BCUT2D eigenvalue weighted by Crippen LogP contribution is -2.41. The molecule has 1 aliphatic heterocycles. The Morgan fingerprint density at radius 3 is 2.58 bits per heavy atom. The molecule has 0 aromatic heterocycles. The highest BCUT2D eigenvalue weighted by Gasteiger charge is 2.25. The summed E-state index contributed by atoms with van der Waals surface area (Å²) in [6.45, 7) is 0.669. The SMILES string of the molecule is Cl.O=C(O)[C@@H]1Cc2ccc(S(=O)(=O)NCCc3ccccc3)cc2CN1. The zero-order valence-corrected chi connectivity index (χ0v) is 15.6. The van der Waals surface area contributed by atoms with Gasteiger partial charge in [0.1, 0.15) is 6.04 Å². The minimum atomic E-state index is -3.59. The molecule has 1 atom stereocenters. The fraction of sp³-hybridized carbons (Fsp3) is 0.278. The Bertz CT molecular complexity index is 872. The standard InChI is InChI=1S/C18H20N2O4S.ClH/c21-18(22)17-11-14-6-7-16(10-15(14)12-19-17)25(23,24)20-9-8-13-4-2-1-3-5-13;/h1-7,10,17,19-20H,8-9,11-12H2,(H,21,22);1H/t17-;/m0./s1. The number of hydrogen-bond donors (Lipinski definition) is 3. The van der Waals surface area contributed by atoms with Gasteiger partial charge in [-0.1, -0.05) is 36.4 Å². The van der Waals surface area contributed by atoms with Crippen LogP contribution >= 0.6 is 12.4 Å². The average molecular weight is 397 g/mol. The fourth-order valence-corrected chi connectivity index (χ4v) is 3.97. The Morgan fingerprint density at radius 1 is 1.15 bits per heavy atom.